The number of nitrogens with zero attached hydrogens (tertiary/aromatic N) is 3. The zero-order valence-electron chi connectivity index (χ0n) is 16.8. The summed E-state index contributed by atoms with van der Waals surface area (Å²) in [4.78, 5) is 52.2. The first-order valence-corrected chi connectivity index (χ1v) is 10.1. The van der Waals surface area contributed by atoms with Gasteiger partial charge in [0.05, 0.1) is 18.1 Å². The second-order valence-corrected chi connectivity index (χ2v) is 7.69. The van der Waals surface area contributed by atoms with Crippen molar-refractivity contribution in [2.75, 3.05) is 29.5 Å². The van der Waals surface area contributed by atoms with Gasteiger partial charge in [0.15, 0.2) is 5.92 Å². The molecule has 1 N–H and O–H groups in total. The third-order valence-electron chi connectivity index (χ3n) is 5.38. The number of aliphatic carboxylic acids is 1. The smallest absolute Gasteiger partial charge is 0.414 e. The van der Waals surface area contributed by atoms with Gasteiger partial charge in [0.25, 0.3) is 0 Å². The van der Waals surface area contributed by atoms with Gasteiger partial charge in [0.1, 0.15) is 18.2 Å². The summed E-state index contributed by atoms with van der Waals surface area (Å²) in [7, 11) is 0. The third kappa shape index (κ3) is 4.07. The maximum atomic E-state index is 14.3. The van der Waals surface area contributed by atoms with Crippen LogP contribution in [-0.2, 0) is 20.9 Å². The summed E-state index contributed by atoms with van der Waals surface area (Å²) in [6.07, 6.45) is -0.520. The van der Waals surface area contributed by atoms with Crippen molar-refractivity contribution in [3.05, 3.63) is 58.6 Å². The first kappa shape index (κ1) is 22.5. The Balaban J connectivity index is 1.66. The minimum Gasteiger partial charge on any atom is -0.481 e. The molecule has 4 rings (SSSR count). The Labute approximate surface area is 190 Å². The van der Waals surface area contributed by atoms with Gasteiger partial charge in [-0.05, 0) is 36.4 Å². The Morgan fingerprint density at radius 2 is 1.64 bits per heavy atom. The van der Waals surface area contributed by atoms with Gasteiger partial charge in [-0.15, -0.1) is 0 Å². The SMILES string of the molecule is O=C(O)C1CN(c2ccc(N3CCOC3=O)cc2)C(=O)N(Cc2c(F)ccc(F)c2Cl)C1=O. The number of anilines is 2. The number of carboxylic acid groups (broad SMARTS) is 1. The quantitative estimate of drug-likeness (QED) is 0.521. The number of halogens is 3. The number of amides is 4. The fourth-order valence-electron chi connectivity index (χ4n) is 3.62. The van der Waals surface area contributed by atoms with Crippen LogP contribution in [0.1, 0.15) is 5.56 Å². The molecule has 12 heteroatoms. The van der Waals surface area contributed by atoms with Crippen LogP contribution in [-0.4, -0.2) is 53.7 Å². The summed E-state index contributed by atoms with van der Waals surface area (Å²) < 4.78 is 33.0. The molecular weight excluding hydrogens is 464 g/mol. The van der Waals surface area contributed by atoms with E-state index in [1.807, 2.05) is 0 Å². The molecule has 2 aliphatic heterocycles. The van der Waals surface area contributed by atoms with Crippen molar-refractivity contribution in [3.8, 4) is 0 Å². The largest absolute Gasteiger partial charge is 0.481 e. The van der Waals surface area contributed by atoms with Gasteiger partial charge in [-0.25, -0.2) is 18.4 Å². The van der Waals surface area contributed by atoms with E-state index in [4.69, 9.17) is 16.3 Å². The molecule has 0 radical (unpaired) electrons. The van der Waals surface area contributed by atoms with Gasteiger partial charge in [0, 0.05) is 23.5 Å². The average Bonchev–Trinajstić information content (AvgIpc) is 3.22. The van der Waals surface area contributed by atoms with Crippen molar-refractivity contribution in [3.63, 3.8) is 0 Å². The molecule has 0 spiro atoms. The van der Waals surface area contributed by atoms with Crippen molar-refractivity contribution in [1.82, 2.24) is 4.90 Å². The van der Waals surface area contributed by atoms with Gasteiger partial charge >= 0.3 is 18.1 Å². The van der Waals surface area contributed by atoms with Crippen LogP contribution in [0.5, 0.6) is 0 Å². The minimum atomic E-state index is -1.63. The van der Waals surface area contributed by atoms with E-state index in [0.29, 0.717) is 17.1 Å². The average molecular weight is 480 g/mol. The van der Waals surface area contributed by atoms with Crippen LogP contribution in [0.3, 0.4) is 0 Å². The Kier molecular flexibility index (Phi) is 5.90. The summed E-state index contributed by atoms with van der Waals surface area (Å²) >= 11 is 5.82. The molecule has 0 aliphatic carbocycles. The highest BCUT2D eigenvalue weighted by Crippen LogP contribution is 2.30. The van der Waals surface area contributed by atoms with Crippen molar-refractivity contribution in [1.29, 1.82) is 0 Å². The van der Waals surface area contributed by atoms with Crippen LogP contribution < -0.4 is 9.80 Å². The molecule has 1 atom stereocenters. The van der Waals surface area contributed by atoms with E-state index in [9.17, 15) is 33.1 Å². The van der Waals surface area contributed by atoms with Gasteiger partial charge in [-0.2, -0.15) is 0 Å². The zero-order valence-corrected chi connectivity index (χ0v) is 17.6. The van der Waals surface area contributed by atoms with E-state index in [-0.39, 0.29) is 12.3 Å². The fraction of sp³-hybridized carbons (Fsp3) is 0.238. The van der Waals surface area contributed by atoms with Crippen molar-refractivity contribution in [2.45, 2.75) is 6.54 Å². The number of ether oxygens (including phenoxy) is 1. The molecule has 2 aromatic rings. The van der Waals surface area contributed by atoms with E-state index in [2.05, 4.69) is 0 Å². The first-order chi connectivity index (χ1) is 15.7. The normalized spacial score (nSPS) is 18.7. The van der Waals surface area contributed by atoms with Crippen LogP contribution >= 0.6 is 11.6 Å². The lowest BCUT2D eigenvalue weighted by Gasteiger charge is -2.37. The molecular formula is C21H16ClF2N3O6. The van der Waals surface area contributed by atoms with Crippen LogP contribution in [0.25, 0.3) is 0 Å². The van der Waals surface area contributed by atoms with Crippen LogP contribution in [0.2, 0.25) is 5.02 Å². The Bertz CT molecular complexity index is 1160. The molecule has 2 heterocycles. The molecule has 0 saturated carbocycles. The van der Waals surface area contributed by atoms with E-state index >= 15 is 0 Å². The maximum Gasteiger partial charge on any atom is 0.414 e. The third-order valence-corrected chi connectivity index (χ3v) is 5.79. The number of carboxylic acids is 1. The molecule has 172 valence electrons. The summed E-state index contributed by atoms with van der Waals surface area (Å²) in [6.45, 7) is -0.627. The molecule has 4 amide bonds. The Hall–Kier alpha value is -3.73. The number of benzene rings is 2. The number of rotatable bonds is 5. The topological polar surface area (TPSA) is 107 Å². The lowest BCUT2D eigenvalue weighted by molar-refractivity contribution is -0.150. The van der Waals surface area contributed by atoms with Crippen LogP contribution in [0.15, 0.2) is 36.4 Å². The highest BCUT2D eigenvalue weighted by molar-refractivity contribution is 6.31. The lowest BCUT2D eigenvalue weighted by Crippen LogP contribution is -2.58. The van der Waals surface area contributed by atoms with Crippen LogP contribution in [0, 0.1) is 17.6 Å². The minimum absolute atomic E-state index is 0.238. The first-order valence-electron chi connectivity index (χ1n) is 9.71. The highest BCUT2D eigenvalue weighted by atomic mass is 35.5. The highest BCUT2D eigenvalue weighted by Gasteiger charge is 2.44. The van der Waals surface area contributed by atoms with Gasteiger partial charge in [0.2, 0.25) is 5.91 Å². The molecule has 0 bridgehead atoms. The summed E-state index contributed by atoms with van der Waals surface area (Å²) in [6, 6.07) is 6.69. The van der Waals surface area contributed by atoms with Gasteiger partial charge in [-0.3, -0.25) is 24.3 Å². The predicted molar refractivity (Wildman–Crippen MR) is 111 cm³/mol. The summed E-state index contributed by atoms with van der Waals surface area (Å²) in [5.41, 5.74) is 0.292. The monoisotopic (exact) mass is 479 g/mol. The number of carbonyl (C=O) groups is 4. The Morgan fingerprint density at radius 1 is 1.03 bits per heavy atom. The van der Waals surface area contributed by atoms with E-state index in [1.54, 1.807) is 0 Å². The summed E-state index contributed by atoms with van der Waals surface area (Å²) in [5, 5.41) is 8.90. The number of hydrogen-bond donors (Lipinski definition) is 1. The summed E-state index contributed by atoms with van der Waals surface area (Å²) in [5.74, 6) is -6.09. The molecule has 1 unspecified atom stereocenters. The van der Waals surface area contributed by atoms with E-state index in [1.165, 1.54) is 29.2 Å². The zero-order chi connectivity index (χ0) is 23.9. The maximum absolute atomic E-state index is 14.3. The van der Waals surface area contributed by atoms with Gasteiger partial charge < -0.3 is 9.84 Å². The van der Waals surface area contributed by atoms with Crippen LogP contribution in [0.4, 0.5) is 29.7 Å². The van der Waals surface area contributed by atoms with Gasteiger partial charge in [-0.1, -0.05) is 11.6 Å². The second kappa shape index (κ2) is 8.66. The molecule has 9 nitrogen and oxygen atoms in total. The van der Waals surface area contributed by atoms with Crippen molar-refractivity contribution < 1.29 is 37.8 Å². The molecule has 0 aromatic heterocycles. The number of hydrogen-bond acceptors (Lipinski definition) is 5. The lowest BCUT2D eigenvalue weighted by atomic mass is 10.0. The van der Waals surface area contributed by atoms with Crippen molar-refractivity contribution >= 4 is 47.0 Å². The Morgan fingerprint density at radius 3 is 2.21 bits per heavy atom. The molecule has 2 fully saturated rings. The predicted octanol–water partition coefficient (Wildman–Crippen LogP) is 3.24. The molecule has 33 heavy (non-hydrogen) atoms. The number of cyclic esters (lactones) is 1. The van der Waals surface area contributed by atoms with E-state index in [0.717, 1.165) is 17.0 Å². The standard InChI is InChI=1S/C21H16ClF2N3O6/c22-17-13(15(23)5-6-16(17)24)9-27-18(28)14(19(29)30)10-26(20(27)31)12-3-1-11(2-4-12)25-7-8-33-21(25)32/h1-6,14H,7-10H2,(H,29,30). The molecule has 2 aromatic carbocycles. The number of urea groups is 1. The molecule has 2 aliphatic rings. The van der Waals surface area contributed by atoms with Crippen molar-refractivity contribution in [2.24, 2.45) is 5.92 Å². The fourth-order valence-corrected chi connectivity index (χ4v) is 3.84. The van der Waals surface area contributed by atoms with E-state index < -0.39 is 65.2 Å². The number of carbonyl (C=O) groups excluding carboxylic acids is 3. The molecule has 2 saturated heterocycles. The second-order valence-electron chi connectivity index (χ2n) is 7.31. The number of imide groups is 1.